The Morgan fingerprint density at radius 3 is 2.24 bits per heavy atom. The first kappa shape index (κ1) is 12.4. The third-order valence-electron chi connectivity index (χ3n) is 2.55. The summed E-state index contributed by atoms with van der Waals surface area (Å²) in [7, 11) is 0. The highest BCUT2D eigenvalue weighted by Gasteiger charge is 2.18. The first-order chi connectivity index (χ1) is 8.11. The maximum atomic E-state index is 13.7. The van der Waals surface area contributed by atoms with Crippen molar-refractivity contribution >= 4 is 23.2 Å². The van der Waals surface area contributed by atoms with Gasteiger partial charge in [-0.2, -0.15) is 0 Å². The second-order valence-electron chi connectivity index (χ2n) is 3.63. The Balaban J connectivity index is 2.51. The monoisotopic (exact) mass is 269 g/mol. The molecular weight excluding hydrogens is 260 g/mol. The van der Waals surface area contributed by atoms with Gasteiger partial charge in [-0.15, -0.1) is 0 Å². The number of nitrogens with two attached hydrogens (primary N) is 1. The van der Waals surface area contributed by atoms with E-state index in [9.17, 15) is 4.39 Å². The molecule has 2 aromatic carbocycles. The molecule has 0 bridgehead atoms. The van der Waals surface area contributed by atoms with Crippen LogP contribution < -0.4 is 5.73 Å². The molecule has 4 heteroatoms. The Morgan fingerprint density at radius 1 is 0.941 bits per heavy atom. The smallest absolute Gasteiger partial charge is 0.129 e. The van der Waals surface area contributed by atoms with Crippen LogP contribution in [0.15, 0.2) is 42.5 Å². The lowest BCUT2D eigenvalue weighted by molar-refractivity contribution is 0.600. The van der Waals surface area contributed by atoms with Crippen LogP contribution >= 0.6 is 23.2 Å². The van der Waals surface area contributed by atoms with E-state index in [4.69, 9.17) is 28.9 Å². The van der Waals surface area contributed by atoms with E-state index in [-0.39, 0.29) is 5.56 Å². The van der Waals surface area contributed by atoms with E-state index < -0.39 is 11.9 Å². The molecule has 0 amide bonds. The van der Waals surface area contributed by atoms with Gasteiger partial charge in [0.1, 0.15) is 5.82 Å². The summed E-state index contributed by atoms with van der Waals surface area (Å²) in [5.74, 6) is -0.426. The molecule has 1 atom stereocenters. The molecular formula is C13H10Cl2FN. The second kappa shape index (κ2) is 5.05. The molecule has 0 aliphatic carbocycles. The van der Waals surface area contributed by atoms with E-state index in [1.807, 2.05) is 0 Å². The van der Waals surface area contributed by atoms with E-state index in [1.54, 1.807) is 36.4 Å². The average molecular weight is 270 g/mol. The topological polar surface area (TPSA) is 26.0 Å². The van der Waals surface area contributed by atoms with Crippen molar-refractivity contribution in [1.29, 1.82) is 0 Å². The van der Waals surface area contributed by atoms with Gasteiger partial charge in [0.15, 0.2) is 0 Å². The van der Waals surface area contributed by atoms with E-state index in [2.05, 4.69) is 0 Å². The lowest BCUT2D eigenvalue weighted by Crippen LogP contribution is -2.14. The fourth-order valence-corrected chi connectivity index (χ4v) is 2.22. The largest absolute Gasteiger partial charge is 0.320 e. The van der Waals surface area contributed by atoms with Gasteiger partial charge in [0.25, 0.3) is 0 Å². The number of rotatable bonds is 2. The number of hydrogen-bond donors (Lipinski definition) is 1. The third-order valence-corrected chi connectivity index (χ3v) is 3.22. The molecule has 0 radical (unpaired) electrons. The van der Waals surface area contributed by atoms with E-state index >= 15 is 0 Å². The fourth-order valence-electron chi connectivity index (χ4n) is 1.69. The van der Waals surface area contributed by atoms with E-state index in [1.165, 1.54) is 6.07 Å². The SMILES string of the molecule is NC(c1ccccc1Cl)c1c(F)cccc1Cl. The van der Waals surface area contributed by atoms with Gasteiger partial charge in [-0.25, -0.2) is 4.39 Å². The van der Waals surface area contributed by atoms with Crippen LogP contribution in [0.25, 0.3) is 0 Å². The van der Waals surface area contributed by atoms with Crippen molar-refractivity contribution < 1.29 is 4.39 Å². The van der Waals surface area contributed by atoms with Gasteiger partial charge < -0.3 is 5.73 Å². The predicted molar refractivity (Wildman–Crippen MR) is 68.9 cm³/mol. The van der Waals surface area contributed by atoms with Gasteiger partial charge in [0.2, 0.25) is 0 Å². The Kier molecular flexibility index (Phi) is 3.67. The van der Waals surface area contributed by atoms with Crippen LogP contribution in [0.3, 0.4) is 0 Å². The summed E-state index contributed by atoms with van der Waals surface area (Å²) in [6.45, 7) is 0. The molecule has 0 saturated carbocycles. The van der Waals surface area contributed by atoms with Crippen molar-refractivity contribution in [1.82, 2.24) is 0 Å². The molecule has 0 fully saturated rings. The normalized spacial score (nSPS) is 12.5. The molecule has 1 unspecified atom stereocenters. The van der Waals surface area contributed by atoms with Crippen molar-refractivity contribution in [3.63, 3.8) is 0 Å². The van der Waals surface area contributed by atoms with Gasteiger partial charge >= 0.3 is 0 Å². The number of benzene rings is 2. The van der Waals surface area contributed by atoms with Crippen molar-refractivity contribution in [2.75, 3.05) is 0 Å². The predicted octanol–water partition coefficient (Wildman–Crippen LogP) is 4.18. The maximum Gasteiger partial charge on any atom is 0.129 e. The molecule has 0 aromatic heterocycles. The van der Waals surface area contributed by atoms with Gasteiger partial charge in [-0.05, 0) is 23.8 Å². The minimum atomic E-state index is -0.669. The molecule has 17 heavy (non-hydrogen) atoms. The van der Waals surface area contributed by atoms with Crippen molar-refractivity contribution in [2.45, 2.75) is 6.04 Å². The lowest BCUT2D eigenvalue weighted by atomic mass is 9.99. The Morgan fingerprint density at radius 2 is 1.59 bits per heavy atom. The van der Waals surface area contributed by atoms with Crippen LogP contribution in [0, 0.1) is 5.82 Å². The molecule has 0 saturated heterocycles. The summed E-state index contributed by atoms with van der Waals surface area (Å²) >= 11 is 12.0. The van der Waals surface area contributed by atoms with Crippen LogP contribution in [0.2, 0.25) is 10.0 Å². The highest BCUT2D eigenvalue weighted by Crippen LogP contribution is 2.32. The Bertz CT molecular complexity index is 522. The molecule has 0 aliphatic rings. The highest BCUT2D eigenvalue weighted by atomic mass is 35.5. The van der Waals surface area contributed by atoms with Gasteiger partial charge in [0, 0.05) is 15.6 Å². The Labute approximate surface area is 109 Å². The van der Waals surface area contributed by atoms with E-state index in [0.717, 1.165) is 0 Å². The van der Waals surface area contributed by atoms with Gasteiger partial charge in [-0.1, -0.05) is 47.5 Å². The average Bonchev–Trinajstić information content (AvgIpc) is 2.29. The zero-order valence-corrected chi connectivity index (χ0v) is 10.3. The lowest BCUT2D eigenvalue weighted by Gasteiger charge is -2.16. The molecule has 0 aliphatic heterocycles. The molecule has 2 N–H and O–H groups in total. The minimum absolute atomic E-state index is 0.266. The van der Waals surface area contributed by atoms with Gasteiger partial charge in [0.05, 0.1) is 6.04 Å². The van der Waals surface area contributed by atoms with Crippen LogP contribution in [0.5, 0.6) is 0 Å². The van der Waals surface area contributed by atoms with E-state index in [0.29, 0.717) is 15.6 Å². The van der Waals surface area contributed by atoms with Crippen LogP contribution in [0.4, 0.5) is 4.39 Å². The molecule has 88 valence electrons. The maximum absolute atomic E-state index is 13.7. The van der Waals surface area contributed by atoms with Crippen LogP contribution in [-0.2, 0) is 0 Å². The molecule has 0 spiro atoms. The third kappa shape index (κ3) is 2.44. The zero-order chi connectivity index (χ0) is 12.4. The Hall–Kier alpha value is -1.09. The molecule has 2 rings (SSSR count). The first-order valence-corrected chi connectivity index (χ1v) is 5.80. The van der Waals surface area contributed by atoms with Crippen molar-refractivity contribution in [3.8, 4) is 0 Å². The standard InChI is InChI=1S/C13H10Cl2FN/c14-9-5-2-1-4-8(9)13(17)12-10(15)6-3-7-11(12)16/h1-7,13H,17H2. The summed E-state index contributed by atoms with van der Waals surface area (Å²) in [6, 6.07) is 10.9. The second-order valence-corrected chi connectivity index (χ2v) is 4.45. The van der Waals surface area contributed by atoms with Crippen molar-refractivity contribution in [2.24, 2.45) is 5.73 Å². The number of hydrogen-bond acceptors (Lipinski definition) is 1. The van der Waals surface area contributed by atoms with Crippen LogP contribution in [0.1, 0.15) is 17.2 Å². The summed E-state index contributed by atoms with van der Waals surface area (Å²) in [5, 5.41) is 0.803. The zero-order valence-electron chi connectivity index (χ0n) is 8.83. The summed E-state index contributed by atoms with van der Waals surface area (Å²) in [6.07, 6.45) is 0. The summed E-state index contributed by atoms with van der Waals surface area (Å²) < 4.78 is 13.7. The van der Waals surface area contributed by atoms with Crippen molar-refractivity contribution in [3.05, 3.63) is 69.5 Å². The van der Waals surface area contributed by atoms with Crippen LogP contribution in [-0.4, -0.2) is 0 Å². The molecule has 0 heterocycles. The summed E-state index contributed by atoms with van der Waals surface area (Å²) in [4.78, 5) is 0. The minimum Gasteiger partial charge on any atom is -0.320 e. The molecule has 1 nitrogen and oxygen atoms in total. The fraction of sp³-hybridized carbons (Fsp3) is 0.0769. The number of halogens is 3. The quantitative estimate of drug-likeness (QED) is 0.870. The first-order valence-electron chi connectivity index (χ1n) is 5.05. The summed E-state index contributed by atoms with van der Waals surface area (Å²) in [5.41, 5.74) is 6.93. The van der Waals surface area contributed by atoms with Gasteiger partial charge in [-0.3, -0.25) is 0 Å². The molecule has 2 aromatic rings. The highest BCUT2D eigenvalue weighted by molar-refractivity contribution is 6.32.